The van der Waals surface area contributed by atoms with Gasteiger partial charge in [0.15, 0.2) is 0 Å². The topological polar surface area (TPSA) is 90.6 Å². The number of hydrogen-bond donors (Lipinski definition) is 0. The molecule has 1 saturated carbocycles. The van der Waals surface area contributed by atoms with Gasteiger partial charge in [-0.05, 0) is 25.7 Å². The fourth-order valence-corrected chi connectivity index (χ4v) is 5.04. The van der Waals surface area contributed by atoms with E-state index in [0.717, 1.165) is 31.0 Å². The monoisotopic (exact) mass is 341 g/mol. The van der Waals surface area contributed by atoms with Crippen LogP contribution in [0.5, 0.6) is 0 Å². The molecular weight excluding hydrogens is 322 g/mol. The lowest BCUT2D eigenvalue weighted by Crippen LogP contribution is -2.23. The summed E-state index contributed by atoms with van der Waals surface area (Å²) in [4.78, 5) is 0. The first-order chi connectivity index (χ1) is 10.5. The van der Waals surface area contributed by atoms with Crippen LogP contribution in [0.4, 0.5) is 0 Å². The van der Waals surface area contributed by atoms with Crippen molar-refractivity contribution in [2.75, 3.05) is 0 Å². The van der Waals surface area contributed by atoms with Crippen molar-refractivity contribution in [3.8, 4) is 0 Å². The lowest BCUT2D eigenvalue weighted by atomic mass is 9.87. The Bertz CT molecular complexity index is 739. The third-order valence-corrected chi connectivity index (χ3v) is 6.16. The molecule has 120 valence electrons. The zero-order chi connectivity index (χ0) is 15.7. The van der Waals surface area contributed by atoms with Gasteiger partial charge in [-0.3, -0.25) is 4.57 Å². The van der Waals surface area contributed by atoms with Crippen LogP contribution in [0.15, 0.2) is 11.4 Å². The van der Waals surface area contributed by atoms with E-state index in [4.69, 9.17) is 0 Å². The van der Waals surface area contributed by atoms with Crippen LogP contribution in [0.1, 0.15) is 50.2 Å². The lowest BCUT2D eigenvalue weighted by molar-refractivity contribution is 0.267. The van der Waals surface area contributed by atoms with E-state index in [-0.39, 0.29) is 17.0 Å². The average Bonchev–Trinajstić information content (AvgIpc) is 3.08. The average molecular weight is 341 g/mol. The zero-order valence-corrected chi connectivity index (χ0v) is 14.3. The highest BCUT2D eigenvalue weighted by atomic mass is 32.2. The fraction of sp³-hybridized carbons (Fsp3) is 0.692. The molecule has 0 bridgehead atoms. The Labute approximate surface area is 134 Å². The Morgan fingerprint density at radius 2 is 2.18 bits per heavy atom. The summed E-state index contributed by atoms with van der Waals surface area (Å²) < 4.78 is 35.0. The second-order valence-corrected chi connectivity index (χ2v) is 8.42. The Morgan fingerprint density at radius 3 is 2.86 bits per heavy atom. The highest BCUT2D eigenvalue weighted by Gasteiger charge is 2.30. The fourth-order valence-electron chi connectivity index (χ4n) is 3.13. The molecule has 2 atom stereocenters. The van der Waals surface area contributed by atoms with Crippen LogP contribution < -0.4 is 0 Å². The molecule has 0 aliphatic heterocycles. The van der Waals surface area contributed by atoms with E-state index in [0.29, 0.717) is 17.4 Å². The molecular formula is C13H19N5O2S2. The minimum absolute atomic E-state index is 0.0668. The number of nitrogens with zero attached hydrogens (tertiary/aromatic N) is 5. The molecule has 0 aromatic carbocycles. The molecule has 0 saturated heterocycles. The molecule has 0 spiro atoms. The summed E-state index contributed by atoms with van der Waals surface area (Å²) in [5.41, 5.74) is 0.453. The third kappa shape index (κ3) is 3.05. The van der Waals surface area contributed by atoms with Crippen molar-refractivity contribution >= 4 is 21.6 Å². The molecule has 0 radical (unpaired) electrons. The van der Waals surface area contributed by atoms with Crippen molar-refractivity contribution < 1.29 is 8.42 Å². The van der Waals surface area contributed by atoms with Crippen molar-refractivity contribution in [3.63, 3.8) is 0 Å². The standard InChI is InChI=1S/C13H19N5O2S2/c1-9-4-3-5-12(6-9)18-10(2)15-16-13(18)22(19,20)8-11-7-14-21-17-11/h7,9,12H,3-6,8H2,1-2H3/t9-,12+/m0/s1. The molecule has 2 aromatic heterocycles. The second-order valence-electron chi connectivity index (χ2n) is 5.98. The Morgan fingerprint density at radius 1 is 1.36 bits per heavy atom. The van der Waals surface area contributed by atoms with E-state index < -0.39 is 9.84 Å². The van der Waals surface area contributed by atoms with Crippen molar-refractivity contribution in [3.05, 3.63) is 17.7 Å². The van der Waals surface area contributed by atoms with Gasteiger partial charge < -0.3 is 0 Å². The van der Waals surface area contributed by atoms with Crippen molar-refractivity contribution in [1.29, 1.82) is 0 Å². The minimum Gasteiger partial charge on any atom is -0.299 e. The highest BCUT2D eigenvalue weighted by molar-refractivity contribution is 7.90. The van der Waals surface area contributed by atoms with Crippen LogP contribution in [0.25, 0.3) is 0 Å². The maximum absolute atomic E-state index is 12.7. The van der Waals surface area contributed by atoms with Crippen molar-refractivity contribution in [1.82, 2.24) is 23.5 Å². The van der Waals surface area contributed by atoms with Crippen LogP contribution in [0, 0.1) is 12.8 Å². The summed E-state index contributed by atoms with van der Waals surface area (Å²) in [5, 5.41) is 8.03. The third-order valence-electron chi connectivity index (χ3n) is 4.13. The van der Waals surface area contributed by atoms with Crippen LogP contribution in [0.2, 0.25) is 0 Å². The van der Waals surface area contributed by atoms with E-state index in [9.17, 15) is 8.42 Å². The number of aromatic nitrogens is 5. The second kappa shape index (κ2) is 6.04. The van der Waals surface area contributed by atoms with Gasteiger partial charge >= 0.3 is 0 Å². The van der Waals surface area contributed by atoms with Crippen LogP contribution in [0.3, 0.4) is 0 Å². The molecule has 1 aliphatic carbocycles. The van der Waals surface area contributed by atoms with Crippen LogP contribution in [-0.4, -0.2) is 31.9 Å². The minimum atomic E-state index is -3.57. The number of sulfone groups is 1. The molecule has 22 heavy (non-hydrogen) atoms. The summed E-state index contributed by atoms with van der Waals surface area (Å²) in [6.07, 6.45) is 5.74. The molecule has 0 amide bonds. The van der Waals surface area contributed by atoms with Gasteiger partial charge in [0, 0.05) is 6.04 Å². The molecule has 2 heterocycles. The van der Waals surface area contributed by atoms with E-state index in [1.807, 2.05) is 11.5 Å². The molecule has 9 heteroatoms. The molecule has 7 nitrogen and oxygen atoms in total. The van der Waals surface area contributed by atoms with Crippen molar-refractivity contribution in [2.45, 2.75) is 56.5 Å². The predicted octanol–water partition coefficient (Wildman–Crippen LogP) is 2.16. The van der Waals surface area contributed by atoms with Gasteiger partial charge in [-0.1, -0.05) is 19.8 Å². The SMILES string of the molecule is Cc1nnc(S(=O)(=O)Cc2cnsn2)n1[C@@H]1CCC[C@H](C)C1. The normalized spacial score (nSPS) is 22.8. The van der Waals surface area contributed by atoms with Crippen LogP contribution in [-0.2, 0) is 15.6 Å². The van der Waals surface area contributed by atoms with Gasteiger partial charge in [-0.25, -0.2) is 8.42 Å². The molecule has 1 aliphatic rings. The molecule has 3 rings (SSSR count). The quantitative estimate of drug-likeness (QED) is 0.846. The Balaban J connectivity index is 1.94. The van der Waals surface area contributed by atoms with Gasteiger partial charge in [0.2, 0.25) is 15.0 Å². The van der Waals surface area contributed by atoms with Crippen molar-refractivity contribution in [2.24, 2.45) is 5.92 Å². The molecule has 0 N–H and O–H groups in total. The number of aryl methyl sites for hydroxylation is 1. The number of rotatable bonds is 4. The Hall–Kier alpha value is -1.35. The molecule has 0 unspecified atom stereocenters. The number of hydrogen-bond acceptors (Lipinski definition) is 7. The summed E-state index contributed by atoms with van der Waals surface area (Å²) in [5.74, 6) is 1.08. The maximum atomic E-state index is 12.7. The van der Waals surface area contributed by atoms with Gasteiger partial charge in [-0.15, -0.1) is 10.2 Å². The summed E-state index contributed by atoms with van der Waals surface area (Å²) in [6, 6.07) is 0.164. The summed E-state index contributed by atoms with van der Waals surface area (Å²) in [6.45, 7) is 4.02. The Kier molecular flexibility index (Phi) is 4.26. The van der Waals surface area contributed by atoms with E-state index >= 15 is 0 Å². The smallest absolute Gasteiger partial charge is 0.250 e. The molecule has 1 fully saturated rings. The summed E-state index contributed by atoms with van der Waals surface area (Å²) in [7, 11) is -3.57. The van der Waals surface area contributed by atoms with Gasteiger partial charge in [-0.2, -0.15) is 8.75 Å². The predicted molar refractivity (Wildman–Crippen MR) is 82.2 cm³/mol. The first-order valence-corrected chi connectivity index (χ1v) is 9.76. The van der Waals surface area contributed by atoms with E-state index in [2.05, 4.69) is 25.9 Å². The van der Waals surface area contributed by atoms with E-state index in [1.165, 1.54) is 12.6 Å². The first kappa shape index (κ1) is 15.5. The lowest BCUT2D eigenvalue weighted by Gasteiger charge is -2.29. The summed E-state index contributed by atoms with van der Waals surface area (Å²) >= 11 is 1.01. The maximum Gasteiger partial charge on any atom is 0.250 e. The van der Waals surface area contributed by atoms with Gasteiger partial charge in [0.1, 0.15) is 11.6 Å². The largest absolute Gasteiger partial charge is 0.299 e. The van der Waals surface area contributed by atoms with Gasteiger partial charge in [0.05, 0.1) is 23.6 Å². The molecule has 2 aromatic rings. The zero-order valence-electron chi connectivity index (χ0n) is 12.6. The van der Waals surface area contributed by atoms with Crippen LogP contribution >= 0.6 is 11.7 Å². The van der Waals surface area contributed by atoms with E-state index in [1.54, 1.807) is 0 Å². The van der Waals surface area contributed by atoms with Gasteiger partial charge in [0.25, 0.3) is 0 Å². The first-order valence-electron chi connectivity index (χ1n) is 7.38. The highest BCUT2D eigenvalue weighted by Crippen LogP contribution is 2.34.